The van der Waals surface area contributed by atoms with Gasteiger partial charge in [-0.05, 0) is 20.2 Å². The summed E-state index contributed by atoms with van der Waals surface area (Å²) in [6.07, 6.45) is 0. The first-order chi connectivity index (χ1) is 7.99. The Labute approximate surface area is 101 Å². The Kier molecular flexibility index (Phi) is 4.34. The van der Waals surface area contributed by atoms with Gasteiger partial charge in [0, 0.05) is 6.07 Å². The Morgan fingerprint density at radius 3 is 2.24 bits per heavy atom. The molecule has 0 aliphatic carbocycles. The number of benzene rings is 1. The van der Waals surface area contributed by atoms with Gasteiger partial charge in [0.25, 0.3) is 0 Å². The Hall–Kier alpha value is -1.75. The molecule has 0 heterocycles. The molecule has 1 aromatic rings. The van der Waals surface area contributed by atoms with Gasteiger partial charge >= 0.3 is 0 Å². The third kappa shape index (κ3) is 3.10. The van der Waals surface area contributed by atoms with Crippen LogP contribution in [0.15, 0.2) is 12.1 Å². The maximum absolute atomic E-state index is 11.8. The van der Waals surface area contributed by atoms with Crippen LogP contribution in [0.3, 0.4) is 0 Å². The lowest BCUT2D eigenvalue weighted by atomic mass is 10.1. The third-order valence-electron chi connectivity index (χ3n) is 2.26. The van der Waals surface area contributed by atoms with Crippen molar-refractivity contribution in [2.24, 2.45) is 0 Å². The Bertz CT molecular complexity index is 415. The topological polar surface area (TPSA) is 59.0 Å². The molecule has 0 bridgehead atoms. The normalized spacial score (nSPS) is 10.4. The molecule has 0 fully saturated rings. The molecule has 0 radical (unpaired) electrons. The number of likely N-dealkylation sites (N-methyl/N-ethyl adjacent to an activating group) is 1. The smallest absolute Gasteiger partial charge is 0.180 e. The molecule has 0 aromatic heterocycles. The molecule has 0 saturated carbocycles. The second kappa shape index (κ2) is 5.54. The SMILES string of the molecule is COc1cc(O)c(C(=O)CN(C)C)cc1OC. The first-order valence-corrected chi connectivity index (χ1v) is 5.12. The van der Waals surface area contributed by atoms with Crippen molar-refractivity contribution in [3.05, 3.63) is 17.7 Å². The molecule has 0 atom stereocenters. The van der Waals surface area contributed by atoms with E-state index in [2.05, 4.69) is 0 Å². The highest BCUT2D eigenvalue weighted by atomic mass is 16.5. The number of carbonyl (C=O) groups excluding carboxylic acids is 1. The molecule has 94 valence electrons. The van der Waals surface area contributed by atoms with Crippen molar-refractivity contribution in [3.63, 3.8) is 0 Å². The molecular formula is C12H17NO4. The van der Waals surface area contributed by atoms with E-state index in [0.717, 1.165) is 0 Å². The van der Waals surface area contributed by atoms with E-state index in [9.17, 15) is 9.90 Å². The zero-order valence-corrected chi connectivity index (χ0v) is 10.5. The summed E-state index contributed by atoms with van der Waals surface area (Å²) < 4.78 is 10.1. The van der Waals surface area contributed by atoms with E-state index in [1.165, 1.54) is 26.4 Å². The van der Waals surface area contributed by atoms with Crippen LogP contribution in [-0.4, -0.2) is 50.6 Å². The van der Waals surface area contributed by atoms with Gasteiger partial charge in [-0.15, -0.1) is 0 Å². The van der Waals surface area contributed by atoms with Crippen LogP contribution in [0.1, 0.15) is 10.4 Å². The number of phenolic OH excluding ortho intramolecular Hbond substituents is 1. The number of nitrogens with zero attached hydrogens (tertiary/aromatic N) is 1. The first kappa shape index (κ1) is 13.3. The minimum atomic E-state index is -0.173. The Morgan fingerprint density at radius 1 is 1.24 bits per heavy atom. The van der Waals surface area contributed by atoms with Crippen LogP contribution >= 0.6 is 0 Å². The number of ether oxygens (including phenoxy) is 2. The zero-order chi connectivity index (χ0) is 13.0. The van der Waals surface area contributed by atoms with E-state index in [4.69, 9.17) is 9.47 Å². The molecule has 0 aliphatic heterocycles. The number of ketones is 1. The summed E-state index contributed by atoms with van der Waals surface area (Å²) in [6, 6.07) is 2.86. The van der Waals surface area contributed by atoms with Gasteiger partial charge in [0.05, 0.1) is 26.3 Å². The van der Waals surface area contributed by atoms with E-state index in [1.54, 1.807) is 19.0 Å². The van der Waals surface area contributed by atoms with Crippen molar-refractivity contribution in [1.82, 2.24) is 4.90 Å². The Balaban J connectivity index is 3.12. The lowest BCUT2D eigenvalue weighted by molar-refractivity contribution is 0.0955. The van der Waals surface area contributed by atoms with Crippen LogP contribution in [0, 0.1) is 0 Å². The van der Waals surface area contributed by atoms with Gasteiger partial charge in [-0.1, -0.05) is 0 Å². The van der Waals surface area contributed by atoms with Crippen molar-refractivity contribution in [2.45, 2.75) is 0 Å². The average molecular weight is 239 g/mol. The molecule has 1 N–H and O–H groups in total. The number of methoxy groups -OCH3 is 2. The van der Waals surface area contributed by atoms with Crippen LogP contribution in [-0.2, 0) is 0 Å². The second-order valence-electron chi connectivity index (χ2n) is 3.89. The Morgan fingerprint density at radius 2 is 1.76 bits per heavy atom. The van der Waals surface area contributed by atoms with Crippen LogP contribution in [0.2, 0.25) is 0 Å². The largest absolute Gasteiger partial charge is 0.507 e. The van der Waals surface area contributed by atoms with Crippen molar-refractivity contribution < 1.29 is 19.4 Å². The van der Waals surface area contributed by atoms with Crippen molar-refractivity contribution in [1.29, 1.82) is 0 Å². The quantitative estimate of drug-likeness (QED) is 0.781. The van der Waals surface area contributed by atoms with Gasteiger partial charge in [0.15, 0.2) is 17.3 Å². The van der Waals surface area contributed by atoms with Crippen LogP contribution in [0.5, 0.6) is 17.2 Å². The molecule has 0 aliphatic rings. The number of Topliss-reactive ketones (excluding diaryl/α,β-unsaturated/α-hetero) is 1. The fourth-order valence-electron chi connectivity index (χ4n) is 1.46. The predicted octanol–water partition coefficient (Wildman–Crippen LogP) is 1.15. The van der Waals surface area contributed by atoms with Gasteiger partial charge in [-0.2, -0.15) is 0 Å². The first-order valence-electron chi connectivity index (χ1n) is 5.12. The average Bonchev–Trinajstić information content (AvgIpc) is 2.27. The molecule has 0 spiro atoms. The van der Waals surface area contributed by atoms with Gasteiger partial charge in [0.1, 0.15) is 5.75 Å². The number of phenols is 1. The number of hydrogen-bond acceptors (Lipinski definition) is 5. The summed E-state index contributed by atoms with van der Waals surface area (Å²) in [4.78, 5) is 13.6. The summed E-state index contributed by atoms with van der Waals surface area (Å²) >= 11 is 0. The standard InChI is InChI=1S/C12H17NO4/c1-13(2)7-10(15)8-5-11(16-3)12(17-4)6-9(8)14/h5-6,14H,7H2,1-4H3. The van der Waals surface area contributed by atoms with Gasteiger partial charge in [0.2, 0.25) is 0 Å². The molecular weight excluding hydrogens is 222 g/mol. The highest BCUT2D eigenvalue weighted by Gasteiger charge is 2.16. The summed E-state index contributed by atoms with van der Waals surface area (Å²) in [6.45, 7) is 0.225. The molecule has 5 heteroatoms. The maximum Gasteiger partial charge on any atom is 0.180 e. The summed E-state index contributed by atoms with van der Waals surface area (Å²) in [5.74, 6) is 0.543. The molecule has 0 unspecified atom stereocenters. The minimum Gasteiger partial charge on any atom is -0.507 e. The lowest BCUT2D eigenvalue weighted by Gasteiger charge is -2.13. The molecule has 17 heavy (non-hydrogen) atoms. The lowest BCUT2D eigenvalue weighted by Crippen LogP contribution is -2.21. The molecule has 5 nitrogen and oxygen atoms in total. The van der Waals surface area contributed by atoms with Crippen molar-refractivity contribution >= 4 is 5.78 Å². The highest BCUT2D eigenvalue weighted by molar-refractivity contribution is 6.00. The number of carbonyl (C=O) groups is 1. The molecule has 0 amide bonds. The summed E-state index contributed by atoms with van der Waals surface area (Å²) in [5, 5.41) is 9.75. The van der Waals surface area contributed by atoms with Crippen LogP contribution in [0.25, 0.3) is 0 Å². The fraction of sp³-hybridized carbons (Fsp3) is 0.417. The van der Waals surface area contributed by atoms with Crippen molar-refractivity contribution in [3.8, 4) is 17.2 Å². The van der Waals surface area contributed by atoms with E-state index in [1.807, 2.05) is 0 Å². The van der Waals surface area contributed by atoms with E-state index in [0.29, 0.717) is 11.5 Å². The van der Waals surface area contributed by atoms with E-state index >= 15 is 0 Å². The van der Waals surface area contributed by atoms with Crippen LogP contribution in [0.4, 0.5) is 0 Å². The summed E-state index contributed by atoms with van der Waals surface area (Å²) in [7, 11) is 6.53. The van der Waals surface area contributed by atoms with Crippen LogP contribution < -0.4 is 9.47 Å². The fourth-order valence-corrected chi connectivity index (χ4v) is 1.46. The monoisotopic (exact) mass is 239 g/mol. The molecule has 1 aromatic carbocycles. The predicted molar refractivity (Wildman–Crippen MR) is 64.1 cm³/mol. The molecule has 1 rings (SSSR count). The van der Waals surface area contributed by atoms with Crippen molar-refractivity contribution in [2.75, 3.05) is 34.9 Å². The third-order valence-corrected chi connectivity index (χ3v) is 2.26. The van der Waals surface area contributed by atoms with E-state index in [-0.39, 0.29) is 23.6 Å². The number of aromatic hydroxyl groups is 1. The minimum absolute atomic E-state index is 0.102. The maximum atomic E-state index is 11.8. The van der Waals surface area contributed by atoms with Gasteiger partial charge in [-0.25, -0.2) is 0 Å². The summed E-state index contributed by atoms with van der Waals surface area (Å²) in [5.41, 5.74) is 0.233. The number of hydrogen-bond donors (Lipinski definition) is 1. The number of rotatable bonds is 5. The zero-order valence-electron chi connectivity index (χ0n) is 10.5. The highest BCUT2D eigenvalue weighted by Crippen LogP contribution is 2.34. The van der Waals surface area contributed by atoms with E-state index < -0.39 is 0 Å². The van der Waals surface area contributed by atoms with Gasteiger partial charge in [-0.3, -0.25) is 4.79 Å². The van der Waals surface area contributed by atoms with Gasteiger partial charge < -0.3 is 19.5 Å². The molecule has 0 saturated heterocycles. The second-order valence-corrected chi connectivity index (χ2v) is 3.89.